The monoisotopic (exact) mass is 288 g/mol. The molecular weight excluding hydrogens is 264 g/mol. The van der Waals surface area contributed by atoms with Gasteiger partial charge in [-0.25, -0.2) is 0 Å². The predicted molar refractivity (Wildman–Crippen MR) is 83.3 cm³/mol. The van der Waals surface area contributed by atoms with Crippen LogP contribution >= 0.6 is 0 Å². The lowest BCUT2D eigenvalue weighted by atomic mass is 9.86. The molecule has 1 atom stereocenters. The van der Waals surface area contributed by atoms with E-state index in [1.54, 1.807) is 0 Å². The van der Waals surface area contributed by atoms with Gasteiger partial charge in [-0.05, 0) is 42.4 Å². The molecule has 4 nitrogen and oxygen atoms in total. The van der Waals surface area contributed by atoms with Gasteiger partial charge in [-0.3, -0.25) is 9.59 Å². The molecule has 2 N–H and O–H groups in total. The first-order valence-corrected chi connectivity index (χ1v) is 7.57. The highest BCUT2D eigenvalue weighted by atomic mass is 16.2. The van der Waals surface area contributed by atoms with Crippen LogP contribution in [0.1, 0.15) is 56.0 Å². The van der Waals surface area contributed by atoms with E-state index in [0.717, 1.165) is 12.8 Å². The zero-order valence-corrected chi connectivity index (χ0v) is 13.0. The Morgan fingerprint density at radius 3 is 2.48 bits per heavy atom. The van der Waals surface area contributed by atoms with E-state index in [1.807, 2.05) is 24.3 Å². The van der Waals surface area contributed by atoms with Gasteiger partial charge >= 0.3 is 0 Å². The van der Waals surface area contributed by atoms with Crippen molar-refractivity contribution in [3.63, 3.8) is 0 Å². The minimum absolute atomic E-state index is 0.0657. The number of carbonyl (C=O) groups excluding carboxylic acids is 2. The first kappa shape index (κ1) is 15.5. The van der Waals surface area contributed by atoms with E-state index < -0.39 is 6.04 Å². The van der Waals surface area contributed by atoms with Crippen LogP contribution in [0.25, 0.3) is 0 Å². The van der Waals surface area contributed by atoms with E-state index in [4.69, 9.17) is 0 Å². The largest absolute Gasteiger partial charge is 0.354 e. The molecule has 0 saturated carbocycles. The molecule has 2 rings (SSSR count). The molecule has 1 fully saturated rings. The molecule has 1 aromatic rings. The second-order valence-electron chi connectivity index (χ2n) is 6.64. The van der Waals surface area contributed by atoms with Crippen LogP contribution in [0.3, 0.4) is 0 Å². The minimum atomic E-state index is -0.415. The summed E-state index contributed by atoms with van der Waals surface area (Å²) in [6.07, 6.45) is 2.63. The molecule has 21 heavy (non-hydrogen) atoms. The van der Waals surface area contributed by atoms with Crippen molar-refractivity contribution in [1.29, 1.82) is 0 Å². The maximum Gasteiger partial charge on any atom is 0.251 e. The highest BCUT2D eigenvalue weighted by Crippen LogP contribution is 2.22. The molecule has 1 aromatic carbocycles. The zero-order valence-electron chi connectivity index (χ0n) is 13.0. The summed E-state index contributed by atoms with van der Waals surface area (Å²) in [5, 5.41) is 5.66. The lowest BCUT2D eigenvalue weighted by molar-refractivity contribution is -0.122. The molecule has 1 saturated heterocycles. The van der Waals surface area contributed by atoms with Gasteiger partial charge in [0.25, 0.3) is 5.91 Å². The average molecular weight is 288 g/mol. The second-order valence-corrected chi connectivity index (χ2v) is 6.64. The highest BCUT2D eigenvalue weighted by molar-refractivity contribution is 5.97. The SMILES string of the molecule is CC(C)(C)c1ccc(C(=O)NC2CCCCNC2=O)cc1. The molecule has 114 valence electrons. The number of nitrogens with one attached hydrogen (secondary N) is 2. The summed E-state index contributed by atoms with van der Waals surface area (Å²) in [7, 11) is 0. The normalized spacial score (nSPS) is 19.6. The topological polar surface area (TPSA) is 58.2 Å². The molecule has 2 amide bonds. The molecule has 1 unspecified atom stereocenters. The summed E-state index contributed by atoms with van der Waals surface area (Å²) in [4.78, 5) is 24.1. The van der Waals surface area contributed by atoms with Crippen molar-refractivity contribution >= 4 is 11.8 Å². The van der Waals surface area contributed by atoms with Gasteiger partial charge in [-0.15, -0.1) is 0 Å². The fraction of sp³-hybridized carbons (Fsp3) is 0.529. The smallest absolute Gasteiger partial charge is 0.251 e. The van der Waals surface area contributed by atoms with Crippen LogP contribution in [0, 0.1) is 0 Å². The van der Waals surface area contributed by atoms with E-state index in [2.05, 4.69) is 31.4 Å². The lowest BCUT2D eigenvalue weighted by Gasteiger charge is -2.19. The van der Waals surface area contributed by atoms with Crippen molar-refractivity contribution in [2.75, 3.05) is 6.54 Å². The van der Waals surface area contributed by atoms with Crippen molar-refractivity contribution in [3.8, 4) is 0 Å². The van der Waals surface area contributed by atoms with Crippen LogP contribution < -0.4 is 10.6 Å². The maximum atomic E-state index is 12.2. The van der Waals surface area contributed by atoms with Gasteiger partial charge in [0.05, 0.1) is 0 Å². The van der Waals surface area contributed by atoms with Gasteiger partial charge in [-0.1, -0.05) is 32.9 Å². The van der Waals surface area contributed by atoms with E-state index in [9.17, 15) is 9.59 Å². The second kappa shape index (κ2) is 6.29. The van der Waals surface area contributed by atoms with Crippen LogP contribution in [0.4, 0.5) is 0 Å². The predicted octanol–water partition coefficient (Wildman–Crippen LogP) is 2.38. The number of carbonyl (C=O) groups is 2. The third kappa shape index (κ3) is 4.06. The van der Waals surface area contributed by atoms with E-state index >= 15 is 0 Å². The Morgan fingerprint density at radius 2 is 1.86 bits per heavy atom. The average Bonchev–Trinajstić information content (AvgIpc) is 2.63. The molecule has 0 bridgehead atoms. The minimum Gasteiger partial charge on any atom is -0.354 e. The third-order valence-electron chi connectivity index (χ3n) is 3.85. The van der Waals surface area contributed by atoms with Gasteiger partial charge in [-0.2, -0.15) is 0 Å². The Bertz CT molecular complexity index is 515. The molecule has 1 aliphatic heterocycles. The molecule has 0 radical (unpaired) electrons. The van der Waals surface area contributed by atoms with E-state index in [1.165, 1.54) is 5.56 Å². The van der Waals surface area contributed by atoms with Gasteiger partial charge in [0, 0.05) is 12.1 Å². The van der Waals surface area contributed by atoms with Crippen molar-refractivity contribution in [3.05, 3.63) is 35.4 Å². The molecule has 1 heterocycles. The van der Waals surface area contributed by atoms with Gasteiger partial charge < -0.3 is 10.6 Å². The molecule has 0 aliphatic carbocycles. The first-order chi connectivity index (χ1) is 9.88. The Morgan fingerprint density at radius 1 is 1.19 bits per heavy atom. The Hall–Kier alpha value is -1.84. The van der Waals surface area contributed by atoms with Crippen molar-refractivity contribution < 1.29 is 9.59 Å². The maximum absolute atomic E-state index is 12.2. The Kier molecular flexibility index (Phi) is 4.66. The summed E-state index contributed by atoms with van der Waals surface area (Å²) in [6, 6.07) is 7.18. The van der Waals surface area contributed by atoms with Gasteiger partial charge in [0.1, 0.15) is 6.04 Å². The first-order valence-electron chi connectivity index (χ1n) is 7.57. The fourth-order valence-electron chi connectivity index (χ4n) is 2.44. The van der Waals surface area contributed by atoms with Crippen LogP contribution in [0.2, 0.25) is 0 Å². The lowest BCUT2D eigenvalue weighted by Crippen LogP contribution is -2.45. The van der Waals surface area contributed by atoms with Crippen LogP contribution in [0.15, 0.2) is 24.3 Å². The van der Waals surface area contributed by atoms with Gasteiger partial charge in [0.15, 0.2) is 0 Å². The van der Waals surface area contributed by atoms with Crippen molar-refractivity contribution in [1.82, 2.24) is 10.6 Å². The number of rotatable bonds is 2. The van der Waals surface area contributed by atoms with Crippen LogP contribution in [-0.2, 0) is 10.2 Å². The molecular formula is C17H24N2O2. The highest BCUT2D eigenvalue weighted by Gasteiger charge is 2.23. The Balaban J connectivity index is 2.04. The summed E-state index contributed by atoms with van der Waals surface area (Å²) < 4.78 is 0. The summed E-state index contributed by atoms with van der Waals surface area (Å²) in [5.74, 6) is -0.260. The van der Waals surface area contributed by atoms with E-state index in [0.29, 0.717) is 18.5 Å². The number of hydrogen-bond donors (Lipinski definition) is 2. The van der Waals surface area contributed by atoms with E-state index in [-0.39, 0.29) is 17.2 Å². The molecule has 4 heteroatoms. The fourth-order valence-corrected chi connectivity index (χ4v) is 2.44. The van der Waals surface area contributed by atoms with Crippen LogP contribution in [-0.4, -0.2) is 24.4 Å². The number of hydrogen-bond acceptors (Lipinski definition) is 2. The molecule has 1 aliphatic rings. The Labute approximate surface area is 126 Å². The van der Waals surface area contributed by atoms with Crippen molar-refractivity contribution in [2.24, 2.45) is 0 Å². The molecule has 0 spiro atoms. The number of amides is 2. The standard InChI is InChI=1S/C17H24N2O2/c1-17(2,3)13-9-7-12(8-10-13)15(20)19-14-6-4-5-11-18-16(14)21/h7-10,14H,4-6,11H2,1-3H3,(H,18,21)(H,19,20). The quantitative estimate of drug-likeness (QED) is 0.878. The third-order valence-corrected chi connectivity index (χ3v) is 3.85. The summed E-state index contributed by atoms with van der Waals surface area (Å²) >= 11 is 0. The van der Waals surface area contributed by atoms with Crippen molar-refractivity contribution in [2.45, 2.75) is 51.5 Å². The van der Waals surface area contributed by atoms with Gasteiger partial charge in [0.2, 0.25) is 5.91 Å². The zero-order chi connectivity index (χ0) is 15.5. The summed E-state index contributed by atoms with van der Waals surface area (Å²) in [6.45, 7) is 7.11. The van der Waals surface area contributed by atoms with Crippen LogP contribution in [0.5, 0.6) is 0 Å². The molecule has 0 aromatic heterocycles. The summed E-state index contributed by atoms with van der Waals surface area (Å²) in [5.41, 5.74) is 1.85. The number of benzene rings is 1.